The Morgan fingerprint density at radius 3 is 1.97 bits per heavy atom. The highest BCUT2D eigenvalue weighted by Crippen LogP contribution is 2.32. The highest BCUT2D eigenvalue weighted by Gasteiger charge is 2.41. The van der Waals surface area contributed by atoms with Crippen LogP contribution in [0.25, 0.3) is 0 Å². The fourth-order valence-electron chi connectivity index (χ4n) is 3.61. The number of hydrogen-bond donors (Lipinski definition) is 4. The van der Waals surface area contributed by atoms with E-state index in [1.54, 1.807) is 65.8 Å². The highest BCUT2D eigenvalue weighted by molar-refractivity contribution is 5.99. The number of aliphatic hydroxyl groups excluding tert-OH is 1. The maximum absolute atomic E-state index is 13.8. The Kier molecular flexibility index (Phi) is 9.52. The van der Waals surface area contributed by atoms with E-state index >= 15 is 0 Å². The molecule has 2 aromatic carbocycles. The highest BCUT2D eigenvalue weighted by atomic mass is 16.6. The molecule has 2 unspecified atom stereocenters. The van der Waals surface area contributed by atoms with Crippen LogP contribution in [0.15, 0.2) is 48.5 Å². The molecule has 0 spiro atoms. The maximum atomic E-state index is 13.8. The molecular formula is C27H37N3O7. The molecule has 0 radical (unpaired) electrons. The lowest BCUT2D eigenvalue weighted by atomic mass is 9.95. The zero-order valence-corrected chi connectivity index (χ0v) is 22.4. The number of ether oxygens (including phenoxy) is 2. The van der Waals surface area contributed by atoms with Crippen LogP contribution in [0.4, 0.5) is 10.5 Å². The molecule has 0 aliphatic carbocycles. The Balaban J connectivity index is 2.49. The number of benzene rings is 2. The fourth-order valence-corrected chi connectivity index (χ4v) is 3.61. The minimum Gasteiger partial charge on any atom is -0.508 e. The number of hydrogen-bond acceptors (Lipinski definition) is 7. The van der Waals surface area contributed by atoms with Crippen LogP contribution >= 0.6 is 0 Å². The molecule has 2 atom stereocenters. The van der Waals surface area contributed by atoms with Crippen molar-refractivity contribution < 1.29 is 34.1 Å². The lowest BCUT2D eigenvalue weighted by molar-refractivity contribution is -0.147. The van der Waals surface area contributed by atoms with Crippen LogP contribution in [0.2, 0.25) is 0 Å². The Bertz CT molecular complexity index is 1070. The van der Waals surface area contributed by atoms with Crippen molar-refractivity contribution in [3.8, 4) is 11.5 Å². The molecule has 0 saturated heterocycles. The second-order valence-corrected chi connectivity index (χ2v) is 10.5. The molecular weight excluding hydrogens is 478 g/mol. The van der Waals surface area contributed by atoms with E-state index in [0.29, 0.717) is 17.0 Å². The third-order valence-corrected chi connectivity index (χ3v) is 5.20. The van der Waals surface area contributed by atoms with Crippen molar-refractivity contribution in [3.63, 3.8) is 0 Å². The van der Waals surface area contributed by atoms with Gasteiger partial charge in [0.2, 0.25) is 5.91 Å². The first-order chi connectivity index (χ1) is 17.2. The van der Waals surface area contributed by atoms with Crippen LogP contribution in [0, 0.1) is 0 Å². The molecule has 3 amide bonds. The monoisotopic (exact) mass is 515 g/mol. The second kappa shape index (κ2) is 12.0. The first-order valence-corrected chi connectivity index (χ1v) is 11.8. The molecule has 0 aliphatic rings. The van der Waals surface area contributed by atoms with Crippen LogP contribution in [-0.4, -0.2) is 63.9 Å². The molecule has 0 aromatic heterocycles. The molecule has 37 heavy (non-hydrogen) atoms. The number of aliphatic hydroxyl groups is 1. The number of carbonyl (C=O) groups excluding carboxylic acids is 3. The summed E-state index contributed by atoms with van der Waals surface area (Å²) in [6.45, 7) is 9.52. The van der Waals surface area contributed by atoms with E-state index in [1.807, 2.05) is 0 Å². The van der Waals surface area contributed by atoms with E-state index in [-0.39, 0.29) is 5.75 Å². The van der Waals surface area contributed by atoms with Gasteiger partial charge in [0.1, 0.15) is 29.2 Å². The quantitative estimate of drug-likeness (QED) is 0.422. The first-order valence-electron chi connectivity index (χ1n) is 11.8. The third kappa shape index (κ3) is 8.38. The number of anilines is 1. The van der Waals surface area contributed by atoms with E-state index in [2.05, 4.69) is 10.6 Å². The molecule has 0 bridgehead atoms. The molecule has 4 N–H and O–H groups in total. The molecule has 202 valence electrons. The summed E-state index contributed by atoms with van der Waals surface area (Å²) in [5.74, 6) is -0.623. The number of methoxy groups -OCH3 is 1. The second-order valence-electron chi connectivity index (χ2n) is 10.5. The van der Waals surface area contributed by atoms with Crippen LogP contribution in [0.1, 0.15) is 53.1 Å². The summed E-state index contributed by atoms with van der Waals surface area (Å²) in [4.78, 5) is 41.2. The zero-order chi connectivity index (χ0) is 28.0. The van der Waals surface area contributed by atoms with Gasteiger partial charge in [-0.2, -0.15) is 0 Å². The van der Waals surface area contributed by atoms with Crippen molar-refractivity contribution in [2.45, 2.75) is 64.8 Å². The van der Waals surface area contributed by atoms with Gasteiger partial charge in [0.15, 0.2) is 0 Å². The minimum absolute atomic E-state index is 0.00785. The van der Waals surface area contributed by atoms with E-state index < -0.39 is 47.7 Å². The normalized spacial score (nSPS) is 13.2. The van der Waals surface area contributed by atoms with Gasteiger partial charge in [0.05, 0.1) is 13.7 Å². The van der Waals surface area contributed by atoms with Crippen molar-refractivity contribution in [3.05, 3.63) is 54.1 Å². The van der Waals surface area contributed by atoms with Gasteiger partial charge in [-0.05, 0) is 83.5 Å². The number of rotatable bonds is 8. The molecule has 2 rings (SSSR count). The lowest BCUT2D eigenvalue weighted by Crippen LogP contribution is -2.59. The summed E-state index contributed by atoms with van der Waals surface area (Å²) in [5, 5.41) is 25.0. The van der Waals surface area contributed by atoms with Crippen molar-refractivity contribution in [2.24, 2.45) is 0 Å². The van der Waals surface area contributed by atoms with Crippen molar-refractivity contribution >= 4 is 23.6 Å². The molecule has 10 nitrogen and oxygen atoms in total. The Labute approximate surface area is 217 Å². The van der Waals surface area contributed by atoms with Gasteiger partial charge in [-0.25, -0.2) is 4.79 Å². The topological polar surface area (TPSA) is 137 Å². The van der Waals surface area contributed by atoms with Gasteiger partial charge >= 0.3 is 6.09 Å². The number of phenolic OH excluding ortho intramolecular Hbond substituents is 1. The zero-order valence-electron chi connectivity index (χ0n) is 22.4. The van der Waals surface area contributed by atoms with Crippen molar-refractivity contribution in [1.29, 1.82) is 0 Å². The van der Waals surface area contributed by atoms with E-state index in [1.165, 1.54) is 36.3 Å². The van der Waals surface area contributed by atoms with Gasteiger partial charge in [-0.15, -0.1) is 0 Å². The Morgan fingerprint density at radius 1 is 0.946 bits per heavy atom. The average molecular weight is 516 g/mol. The fraction of sp³-hybridized carbons (Fsp3) is 0.444. The van der Waals surface area contributed by atoms with Crippen LogP contribution in [0.5, 0.6) is 11.5 Å². The number of amides is 3. The standard InChI is InChI=1S/C27H37N3O7/c1-26(2,3)30(24(34)21(16-31)29-25(35)37-27(4,5)6)22(17-8-12-19(32)13-9-17)23(33)28-18-10-14-20(36-7)15-11-18/h8-15,21-22,31-32H,16H2,1-7H3,(H,28,33)(H,29,35). The Morgan fingerprint density at radius 2 is 1.51 bits per heavy atom. The summed E-state index contributed by atoms with van der Waals surface area (Å²) >= 11 is 0. The summed E-state index contributed by atoms with van der Waals surface area (Å²) in [5.41, 5.74) is -0.855. The predicted octanol–water partition coefficient (Wildman–Crippen LogP) is 3.59. The Hall–Kier alpha value is -3.79. The lowest BCUT2D eigenvalue weighted by Gasteiger charge is -2.42. The summed E-state index contributed by atoms with van der Waals surface area (Å²) in [6, 6.07) is 10.0. The first kappa shape index (κ1) is 29.4. The minimum atomic E-state index is -1.37. The van der Waals surface area contributed by atoms with Crippen molar-refractivity contribution in [2.75, 3.05) is 19.0 Å². The summed E-state index contributed by atoms with van der Waals surface area (Å²) in [6.07, 6.45) is -0.877. The smallest absolute Gasteiger partial charge is 0.408 e. The number of nitrogens with zero attached hydrogens (tertiary/aromatic N) is 1. The number of alkyl carbamates (subject to hydrolysis) is 1. The van der Waals surface area contributed by atoms with Crippen molar-refractivity contribution in [1.82, 2.24) is 10.2 Å². The summed E-state index contributed by atoms with van der Waals surface area (Å²) < 4.78 is 10.4. The van der Waals surface area contributed by atoms with Gasteiger partial charge in [0, 0.05) is 11.2 Å². The molecule has 10 heteroatoms. The third-order valence-electron chi connectivity index (χ3n) is 5.20. The van der Waals surface area contributed by atoms with Crippen LogP contribution < -0.4 is 15.4 Å². The molecule has 0 aliphatic heterocycles. The van der Waals surface area contributed by atoms with E-state index in [4.69, 9.17) is 9.47 Å². The molecule has 0 saturated carbocycles. The van der Waals surface area contributed by atoms with Gasteiger partial charge < -0.3 is 35.2 Å². The summed E-state index contributed by atoms with van der Waals surface area (Å²) in [7, 11) is 1.53. The average Bonchev–Trinajstić information content (AvgIpc) is 2.79. The predicted molar refractivity (Wildman–Crippen MR) is 139 cm³/mol. The SMILES string of the molecule is COc1ccc(NC(=O)C(c2ccc(O)cc2)N(C(=O)C(CO)NC(=O)OC(C)(C)C)C(C)(C)C)cc1. The maximum Gasteiger partial charge on any atom is 0.408 e. The largest absolute Gasteiger partial charge is 0.508 e. The van der Waals surface area contributed by atoms with Crippen LogP contribution in [0.3, 0.4) is 0 Å². The van der Waals surface area contributed by atoms with Gasteiger partial charge in [-0.1, -0.05) is 12.1 Å². The number of carbonyl (C=O) groups is 3. The number of nitrogens with one attached hydrogen (secondary N) is 2. The van der Waals surface area contributed by atoms with Crippen LogP contribution in [-0.2, 0) is 14.3 Å². The molecule has 2 aromatic rings. The molecule has 0 heterocycles. The van der Waals surface area contributed by atoms with Gasteiger partial charge in [-0.3, -0.25) is 9.59 Å². The number of aromatic hydroxyl groups is 1. The van der Waals surface area contributed by atoms with Gasteiger partial charge in [0.25, 0.3) is 5.91 Å². The van der Waals surface area contributed by atoms with E-state index in [0.717, 1.165) is 0 Å². The van der Waals surface area contributed by atoms with E-state index in [9.17, 15) is 24.6 Å². The number of phenols is 1. The molecule has 0 fully saturated rings.